The van der Waals surface area contributed by atoms with Crippen molar-refractivity contribution in [2.45, 2.75) is 65.3 Å². The molecule has 0 atom stereocenters. The molecule has 0 aromatic heterocycles. The lowest BCUT2D eigenvalue weighted by Crippen LogP contribution is -2.34. The van der Waals surface area contributed by atoms with Crippen LogP contribution in [0.15, 0.2) is 4.99 Å². The van der Waals surface area contributed by atoms with Gasteiger partial charge in [0.05, 0.1) is 0 Å². The van der Waals surface area contributed by atoms with Gasteiger partial charge in [-0.05, 0) is 55.8 Å². The molecule has 3 N–H and O–H groups in total. The standard InChI is InChI=1S/C15H29N3/c1-15(2,3)12-6-4-11(5-7-12)10-17-14(16)18-13-8-9-13/h11-13H,4-10H2,1-3H3,(H3,16,17,18). The van der Waals surface area contributed by atoms with E-state index in [2.05, 4.69) is 31.1 Å². The number of nitrogens with zero attached hydrogens (tertiary/aromatic N) is 1. The Morgan fingerprint density at radius 2 is 1.72 bits per heavy atom. The topological polar surface area (TPSA) is 50.4 Å². The molecule has 0 bridgehead atoms. The van der Waals surface area contributed by atoms with Gasteiger partial charge in [-0.1, -0.05) is 20.8 Å². The Bertz CT molecular complexity index is 291. The van der Waals surface area contributed by atoms with Crippen molar-refractivity contribution < 1.29 is 0 Å². The molecule has 2 rings (SSSR count). The number of guanidine groups is 1. The number of hydrogen-bond acceptors (Lipinski definition) is 1. The third-order valence-electron chi connectivity index (χ3n) is 4.52. The molecule has 0 saturated heterocycles. The summed E-state index contributed by atoms with van der Waals surface area (Å²) >= 11 is 0. The summed E-state index contributed by atoms with van der Waals surface area (Å²) in [5.41, 5.74) is 6.34. The quantitative estimate of drug-likeness (QED) is 0.598. The van der Waals surface area contributed by atoms with Gasteiger partial charge in [-0.2, -0.15) is 0 Å². The van der Waals surface area contributed by atoms with E-state index in [1.807, 2.05) is 0 Å². The van der Waals surface area contributed by atoms with Gasteiger partial charge in [-0.25, -0.2) is 0 Å². The van der Waals surface area contributed by atoms with Crippen LogP contribution in [-0.2, 0) is 0 Å². The summed E-state index contributed by atoms with van der Waals surface area (Å²) in [5, 5.41) is 3.25. The van der Waals surface area contributed by atoms with E-state index >= 15 is 0 Å². The van der Waals surface area contributed by atoms with Gasteiger partial charge in [0.15, 0.2) is 5.96 Å². The highest BCUT2D eigenvalue weighted by Crippen LogP contribution is 2.39. The van der Waals surface area contributed by atoms with Crippen LogP contribution in [0.1, 0.15) is 59.3 Å². The van der Waals surface area contributed by atoms with Crippen LogP contribution in [0, 0.1) is 17.3 Å². The largest absolute Gasteiger partial charge is 0.370 e. The van der Waals surface area contributed by atoms with Crippen LogP contribution in [-0.4, -0.2) is 18.5 Å². The molecular weight excluding hydrogens is 222 g/mol. The molecule has 0 unspecified atom stereocenters. The highest BCUT2D eigenvalue weighted by atomic mass is 15.1. The van der Waals surface area contributed by atoms with Crippen molar-refractivity contribution in [1.82, 2.24) is 5.32 Å². The van der Waals surface area contributed by atoms with Crippen molar-refractivity contribution in [3.63, 3.8) is 0 Å². The normalized spacial score (nSPS) is 30.3. The molecule has 3 heteroatoms. The minimum atomic E-state index is 0.473. The van der Waals surface area contributed by atoms with E-state index in [0.29, 0.717) is 17.4 Å². The molecule has 2 aliphatic rings. The molecule has 3 nitrogen and oxygen atoms in total. The highest BCUT2D eigenvalue weighted by molar-refractivity contribution is 5.78. The molecular formula is C15H29N3. The average Bonchev–Trinajstić information content (AvgIpc) is 3.10. The molecule has 0 aromatic carbocycles. The number of nitrogens with two attached hydrogens (primary N) is 1. The van der Waals surface area contributed by atoms with Crippen LogP contribution in [0.2, 0.25) is 0 Å². The first-order valence-electron chi connectivity index (χ1n) is 7.51. The van der Waals surface area contributed by atoms with Gasteiger partial charge >= 0.3 is 0 Å². The van der Waals surface area contributed by atoms with Crippen molar-refractivity contribution in [2.75, 3.05) is 6.54 Å². The maximum Gasteiger partial charge on any atom is 0.188 e. The Hall–Kier alpha value is -0.730. The van der Waals surface area contributed by atoms with Crippen LogP contribution >= 0.6 is 0 Å². The highest BCUT2D eigenvalue weighted by Gasteiger charge is 2.29. The summed E-state index contributed by atoms with van der Waals surface area (Å²) in [6.45, 7) is 8.03. The van der Waals surface area contributed by atoms with Crippen molar-refractivity contribution in [1.29, 1.82) is 0 Å². The fraction of sp³-hybridized carbons (Fsp3) is 0.933. The van der Waals surface area contributed by atoms with E-state index in [-0.39, 0.29) is 0 Å². The van der Waals surface area contributed by atoms with Gasteiger partial charge in [-0.3, -0.25) is 4.99 Å². The van der Waals surface area contributed by atoms with Gasteiger partial charge in [-0.15, -0.1) is 0 Å². The molecule has 104 valence electrons. The third kappa shape index (κ3) is 4.18. The molecule has 2 saturated carbocycles. The van der Waals surface area contributed by atoms with Crippen LogP contribution < -0.4 is 11.1 Å². The minimum absolute atomic E-state index is 0.473. The maximum atomic E-state index is 5.87. The van der Waals surface area contributed by atoms with Gasteiger partial charge in [0.2, 0.25) is 0 Å². The van der Waals surface area contributed by atoms with Crippen LogP contribution in [0.5, 0.6) is 0 Å². The number of aliphatic imine (C=N–C) groups is 1. The molecule has 18 heavy (non-hydrogen) atoms. The summed E-state index contributed by atoms with van der Waals surface area (Å²) < 4.78 is 0. The Morgan fingerprint density at radius 3 is 2.22 bits per heavy atom. The average molecular weight is 251 g/mol. The molecule has 2 fully saturated rings. The summed E-state index contributed by atoms with van der Waals surface area (Å²) in [6.07, 6.45) is 7.88. The fourth-order valence-corrected chi connectivity index (χ4v) is 2.92. The number of nitrogens with one attached hydrogen (secondary N) is 1. The second-order valence-electron chi connectivity index (χ2n) is 7.23. The molecule has 0 heterocycles. The second kappa shape index (κ2) is 5.50. The van der Waals surface area contributed by atoms with Crippen molar-refractivity contribution in [3.05, 3.63) is 0 Å². The SMILES string of the molecule is CC(C)(C)C1CCC(CN=C(N)NC2CC2)CC1. The fourth-order valence-electron chi connectivity index (χ4n) is 2.92. The zero-order chi connectivity index (χ0) is 13.2. The predicted molar refractivity (Wildman–Crippen MR) is 77.6 cm³/mol. The monoisotopic (exact) mass is 251 g/mol. The molecule has 0 aromatic rings. The van der Waals surface area contributed by atoms with Gasteiger partial charge in [0, 0.05) is 12.6 Å². The molecule has 0 aliphatic heterocycles. The lowest BCUT2D eigenvalue weighted by atomic mass is 9.70. The molecule has 0 spiro atoms. The van der Waals surface area contributed by atoms with Crippen LogP contribution in [0.4, 0.5) is 0 Å². The lowest BCUT2D eigenvalue weighted by molar-refractivity contribution is 0.152. The number of rotatable bonds is 3. The van der Waals surface area contributed by atoms with E-state index in [0.717, 1.165) is 18.4 Å². The van der Waals surface area contributed by atoms with Crippen molar-refractivity contribution >= 4 is 5.96 Å². The van der Waals surface area contributed by atoms with Crippen LogP contribution in [0.3, 0.4) is 0 Å². The van der Waals surface area contributed by atoms with E-state index in [9.17, 15) is 0 Å². The lowest BCUT2D eigenvalue weighted by Gasteiger charge is -2.36. The first kappa shape index (κ1) is 13.7. The number of hydrogen-bond donors (Lipinski definition) is 2. The van der Waals surface area contributed by atoms with E-state index in [1.54, 1.807) is 0 Å². The van der Waals surface area contributed by atoms with E-state index in [4.69, 9.17) is 5.73 Å². The summed E-state index contributed by atoms with van der Waals surface area (Å²) in [6, 6.07) is 0.616. The summed E-state index contributed by atoms with van der Waals surface area (Å²) in [5.74, 6) is 2.30. The smallest absolute Gasteiger partial charge is 0.188 e. The first-order valence-corrected chi connectivity index (χ1v) is 7.51. The van der Waals surface area contributed by atoms with Gasteiger partial charge < -0.3 is 11.1 Å². The minimum Gasteiger partial charge on any atom is -0.370 e. The third-order valence-corrected chi connectivity index (χ3v) is 4.52. The van der Waals surface area contributed by atoms with Crippen molar-refractivity contribution in [2.24, 2.45) is 28.0 Å². The second-order valence-corrected chi connectivity index (χ2v) is 7.23. The first-order chi connectivity index (χ1) is 8.45. The zero-order valence-electron chi connectivity index (χ0n) is 12.2. The Labute approximate surface area is 112 Å². The summed E-state index contributed by atoms with van der Waals surface area (Å²) in [7, 11) is 0. The maximum absolute atomic E-state index is 5.87. The van der Waals surface area contributed by atoms with Crippen LogP contribution in [0.25, 0.3) is 0 Å². The molecule has 0 radical (unpaired) electrons. The summed E-state index contributed by atoms with van der Waals surface area (Å²) in [4.78, 5) is 4.50. The van der Waals surface area contributed by atoms with E-state index < -0.39 is 0 Å². The Balaban J connectivity index is 1.69. The predicted octanol–water partition coefficient (Wildman–Crippen LogP) is 2.91. The van der Waals surface area contributed by atoms with Gasteiger partial charge in [0.25, 0.3) is 0 Å². The Morgan fingerprint density at radius 1 is 1.11 bits per heavy atom. The van der Waals surface area contributed by atoms with E-state index in [1.165, 1.54) is 38.5 Å². The van der Waals surface area contributed by atoms with Gasteiger partial charge in [0.1, 0.15) is 0 Å². The zero-order valence-corrected chi connectivity index (χ0v) is 12.2. The molecule has 0 amide bonds. The molecule has 2 aliphatic carbocycles. The Kier molecular flexibility index (Phi) is 4.18. The van der Waals surface area contributed by atoms with Crippen molar-refractivity contribution in [3.8, 4) is 0 Å².